The van der Waals surface area contributed by atoms with Gasteiger partial charge in [-0.25, -0.2) is 5.43 Å². The molecule has 0 aliphatic heterocycles. The van der Waals surface area contributed by atoms with Crippen LogP contribution >= 0.6 is 0 Å². The number of amides is 1. The number of nitrogens with zero attached hydrogens (tertiary/aromatic N) is 1. The smallest absolute Gasteiger partial charge is 0.271 e. The van der Waals surface area contributed by atoms with Crippen LogP contribution in [0, 0.1) is 0 Å². The molecule has 2 aromatic rings. The first-order chi connectivity index (χ1) is 11.4. The summed E-state index contributed by atoms with van der Waals surface area (Å²) in [7, 11) is 1.48. The number of benzene rings is 2. The number of phenolic OH excluding ortho intramolecular Hbond substituents is 1. The summed E-state index contributed by atoms with van der Waals surface area (Å²) in [5.74, 6) is 0.572. The SMILES string of the molecule is COc1cc(C(C)=NNC(=O)c2ccc(C(C)C)cc2)ccc1O. The van der Waals surface area contributed by atoms with Gasteiger partial charge in [-0.05, 0) is 48.7 Å². The Hall–Kier alpha value is -2.82. The van der Waals surface area contributed by atoms with E-state index in [0.717, 1.165) is 5.56 Å². The van der Waals surface area contributed by atoms with E-state index in [-0.39, 0.29) is 11.7 Å². The number of phenols is 1. The number of rotatable bonds is 5. The second-order valence-corrected chi connectivity index (χ2v) is 5.80. The van der Waals surface area contributed by atoms with Crippen molar-refractivity contribution in [3.8, 4) is 11.5 Å². The fourth-order valence-corrected chi connectivity index (χ4v) is 2.19. The molecule has 0 aliphatic rings. The Morgan fingerprint density at radius 3 is 2.33 bits per heavy atom. The maximum Gasteiger partial charge on any atom is 0.271 e. The van der Waals surface area contributed by atoms with Gasteiger partial charge < -0.3 is 9.84 Å². The molecule has 0 heterocycles. The number of hydrazone groups is 1. The quantitative estimate of drug-likeness (QED) is 0.650. The lowest BCUT2D eigenvalue weighted by Gasteiger charge is -2.08. The Bertz CT molecular complexity index is 750. The molecule has 0 fully saturated rings. The first kappa shape index (κ1) is 17.5. The molecule has 0 bridgehead atoms. The van der Waals surface area contributed by atoms with E-state index in [2.05, 4.69) is 24.4 Å². The minimum atomic E-state index is -0.268. The van der Waals surface area contributed by atoms with Crippen LogP contribution in [-0.4, -0.2) is 23.8 Å². The molecule has 1 amide bonds. The molecule has 0 saturated carbocycles. The van der Waals surface area contributed by atoms with Crippen molar-refractivity contribution in [2.24, 2.45) is 5.10 Å². The Labute approximate surface area is 142 Å². The van der Waals surface area contributed by atoms with Crippen LogP contribution in [0.15, 0.2) is 47.6 Å². The summed E-state index contributed by atoms with van der Waals surface area (Å²) in [4.78, 5) is 12.2. The van der Waals surface area contributed by atoms with E-state index in [0.29, 0.717) is 22.9 Å². The molecule has 0 aliphatic carbocycles. The monoisotopic (exact) mass is 326 g/mol. The number of aromatic hydroxyl groups is 1. The van der Waals surface area contributed by atoms with Crippen molar-refractivity contribution in [2.45, 2.75) is 26.7 Å². The van der Waals surface area contributed by atoms with E-state index in [9.17, 15) is 9.90 Å². The fraction of sp³-hybridized carbons (Fsp3) is 0.263. The Morgan fingerprint density at radius 1 is 1.12 bits per heavy atom. The van der Waals surface area contributed by atoms with Gasteiger partial charge in [-0.15, -0.1) is 0 Å². The number of hydrogen-bond donors (Lipinski definition) is 2. The first-order valence-electron chi connectivity index (χ1n) is 7.74. The minimum Gasteiger partial charge on any atom is -0.504 e. The summed E-state index contributed by atoms with van der Waals surface area (Å²) in [5.41, 5.74) is 5.64. The van der Waals surface area contributed by atoms with Gasteiger partial charge in [0.15, 0.2) is 11.5 Å². The number of ether oxygens (including phenoxy) is 1. The van der Waals surface area contributed by atoms with Crippen molar-refractivity contribution < 1.29 is 14.6 Å². The summed E-state index contributed by atoms with van der Waals surface area (Å²) in [6.45, 7) is 5.98. The van der Waals surface area contributed by atoms with Crippen molar-refractivity contribution in [2.75, 3.05) is 7.11 Å². The van der Waals surface area contributed by atoms with Gasteiger partial charge in [0.2, 0.25) is 0 Å². The third-order valence-electron chi connectivity index (χ3n) is 3.76. The van der Waals surface area contributed by atoms with E-state index in [4.69, 9.17) is 4.74 Å². The highest BCUT2D eigenvalue weighted by Gasteiger charge is 2.08. The lowest BCUT2D eigenvalue weighted by Crippen LogP contribution is -2.19. The highest BCUT2D eigenvalue weighted by Crippen LogP contribution is 2.26. The van der Waals surface area contributed by atoms with Crippen LogP contribution in [0.5, 0.6) is 11.5 Å². The maximum absolute atomic E-state index is 12.2. The molecule has 0 saturated heterocycles. The lowest BCUT2D eigenvalue weighted by atomic mass is 10.0. The number of hydrogen-bond acceptors (Lipinski definition) is 4. The highest BCUT2D eigenvalue weighted by molar-refractivity contribution is 6.01. The molecule has 5 heteroatoms. The van der Waals surface area contributed by atoms with Crippen LogP contribution in [0.3, 0.4) is 0 Å². The van der Waals surface area contributed by atoms with Crippen LogP contribution in [0.25, 0.3) is 0 Å². The van der Waals surface area contributed by atoms with E-state index in [1.807, 2.05) is 12.1 Å². The third kappa shape index (κ3) is 4.13. The van der Waals surface area contributed by atoms with Gasteiger partial charge in [-0.3, -0.25) is 4.79 Å². The van der Waals surface area contributed by atoms with Gasteiger partial charge in [0.25, 0.3) is 5.91 Å². The van der Waals surface area contributed by atoms with Gasteiger partial charge in [-0.1, -0.05) is 26.0 Å². The predicted octanol–water partition coefficient (Wildman–Crippen LogP) is 3.68. The number of nitrogens with one attached hydrogen (secondary N) is 1. The van der Waals surface area contributed by atoms with Crippen molar-refractivity contribution in [1.82, 2.24) is 5.43 Å². The second kappa shape index (κ2) is 7.64. The van der Waals surface area contributed by atoms with E-state index in [1.54, 1.807) is 31.2 Å². The molecular weight excluding hydrogens is 304 g/mol. The molecule has 2 rings (SSSR count). The van der Waals surface area contributed by atoms with E-state index < -0.39 is 0 Å². The van der Waals surface area contributed by atoms with Gasteiger partial charge >= 0.3 is 0 Å². The van der Waals surface area contributed by atoms with Gasteiger partial charge in [0.05, 0.1) is 12.8 Å². The van der Waals surface area contributed by atoms with Gasteiger partial charge in [0, 0.05) is 11.1 Å². The van der Waals surface area contributed by atoms with Crippen molar-refractivity contribution in [3.05, 3.63) is 59.2 Å². The summed E-state index contributed by atoms with van der Waals surface area (Å²) >= 11 is 0. The number of carbonyl (C=O) groups is 1. The summed E-state index contributed by atoms with van der Waals surface area (Å²) in [6, 6.07) is 12.4. The molecule has 2 aromatic carbocycles. The summed E-state index contributed by atoms with van der Waals surface area (Å²) < 4.78 is 5.07. The van der Waals surface area contributed by atoms with E-state index >= 15 is 0 Å². The molecule has 2 N–H and O–H groups in total. The highest BCUT2D eigenvalue weighted by atomic mass is 16.5. The van der Waals surface area contributed by atoms with Crippen LogP contribution in [0.4, 0.5) is 0 Å². The molecule has 126 valence electrons. The Balaban J connectivity index is 2.10. The Kier molecular flexibility index (Phi) is 5.58. The molecule has 0 radical (unpaired) electrons. The van der Waals surface area contributed by atoms with Gasteiger partial charge in [-0.2, -0.15) is 5.10 Å². The summed E-state index contributed by atoms with van der Waals surface area (Å²) in [5, 5.41) is 13.7. The van der Waals surface area contributed by atoms with Crippen molar-refractivity contribution in [3.63, 3.8) is 0 Å². The summed E-state index contributed by atoms with van der Waals surface area (Å²) in [6.07, 6.45) is 0. The molecular formula is C19H22N2O3. The zero-order chi connectivity index (χ0) is 17.7. The van der Waals surface area contributed by atoms with Crippen LogP contribution in [0.2, 0.25) is 0 Å². The molecule has 0 unspecified atom stereocenters. The van der Waals surface area contributed by atoms with Gasteiger partial charge in [0.1, 0.15) is 0 Å². The van der Waals surface area contributed by atoms with Crippen LogP contribution in [0.1, 0.15) is 48.2 Å². The molecule has 24 heavy (non-hydrogen) atoms. The zero-order valence-corrected chi connectivity index (χ0v) is 14.3. The fourth-order valence-electron chi connectivity index (χ4n) is 2.19. The Morgan fingerprint density at radius 2 is 1.75 bits per heavy atom. The maximum atomic E-state index is 12.2. The molecule has 0 spiro atoms. The average Bonchev–Trinajstić information content (AvgIpc) is 2.59. The normalized spacial score (nSPS) is 11.5. The zero-order valence-electron chi connectivity index (χ0n) is 14.3. The van der Waals surface area contributed by atoms with Crippen molar-refractivity contribution in [1.29, 1.82) is 0 Å². The average molecular weight is 326 g/mol. The predicted molar refractivity (Wildman–Crippen MR) is 94.9 cm³/mol. The largest absolute Gasteiger partial charge is 0.504 e. The second-order valence-electron chi connectivity index (χ2n) is 5.80. The lowest BCUT2D eigenvalue weighted by molar-refractivity contribution is 0.0955. The topological polar surface area (TPSA) is 70.9 Å². The van der Waals surface area contributed by atoms with Crippen LogP contribution in [-0.2, 0) is 0 Å². The van der Waals surface area contributed by atoms with Crippen molar-refractivity contribution >= 4 is 11.6 Å². The molecule has 5 nitrogen and oxygen atoms in total. The minimum absolute atomic E-state index is 0.0586. The molecule has 0 aromatic heterocycles. The molecule has 0 atom stereocenters. The third-order valence-corrected chi connectivity index (χ3v) is 3.76. The standard InChI is InChI=1S/C19H22N2O3/c1-12(2)14-5-7-15(8-6-14)19(23)21-20-13(3)16-9-10-17(22)18(11-16)24-4/h5-12,22H,1-4H3,(H,21,23). The first-order valence-corrected chi connectivity index (χ1v) is 7.74. The van der Waals surface area contributed by atoms with E-state index in [1.165, 1.54) is 18.7 Å². The van der Waals surface area contributed by atoms with Crippen LogP contribution < -0.4 is 10.2 Å². The number of methoxy groups -OCH3 is 1. The number of carbonyl (C=O) groups excluding carboxylic acids is 1.